The molecule has 0 aliphatic heterocycles. The summed E-state index contributed by atoms with van der Waals surface area (Å²) < 4.78 is 30.2. The van der Waals surface area contributed by atoms with Crippen molar-refractivity contribution in [2.75, 3.05) is 0 Å². The number of sulfonamides is 1. The molecule has 1 atom stereocenters. The number of oxazole rings is 1. The quantitative estimate of drug-likeness (QED) is 0.754. The van der Waals surface area contributed by atoms with Gasteiger partial charge in [-0.3, -0.25) is 4.79 Å². The Morgan fingerprint density at radius 1 is 1.65 bits per heavy atom. The minimum Gasteiger partial charge on any atom is -0.480 e. The van der Waals surface area contributed by atoms with Gasteiger partial charge in [0.2, 0.25) is 15.9 Å². The maximum Gasteiger partial charge on any atom is 0.323 e. The summed E-state index contributed by atoms with van der Waals surface area (Å²) in [6, 6.07) is 0. The van der Waals surface area contributed by atoms with Crippen LogP contribution >= 0.6 is 0 Å². The molecule has 96 valence electrons. The van der Waals surface area contributed by atoms with Crippen LogP contribution in [0.3, 0.4) is 0 Å². The SMILES string of the molecule is CCc1cnc(CNS(=O)(=O)C(C)C(=O)O)o1. The predicted octanol–water partition coefficient (Wildman–Crippen LogP) is 0.129. The molecule has 0 aliphatic carbocycles. The minimum absolute atomic E-state index is 0.153. The second-order valence-corrected chi connectivity index (χ2v) is 5.51. The van der Waals surface area contributed by atoms with Crippen LogP contribution < -0.4 is 4.72 Å². The van der Waals surface area contributed by atoms with Gasteiger partial charge in [-0.25, -0.2) is 18.1 Å². The van der Waals surface area contributed by atoms with E-state index in [-0.39, 0.29) is 12.4 Å². The molecule has 1 aromatic rings. The topological polar surface area (TPSA) is 110 Å². The van der Waals surface area contributed by atoms with Crippen molar-refractivity contribution in [3.63, 3.8) is 0 Å². The predicted molar refractivity (Wildman–Crippen MR) is 58.7 cm³/mol. The van der Waals surface area contributed by atoms with Crippen LogP contribution in [0.4, 0.5) is 0 Å². The lowest BCUT2D eigenvalue weighted by Gasteiger charge is -2.08. The van der Waals surface area contributed by atoms with Crippen LogP contribution in [-0.4, -0.2) is 29.7 Å². The van der Waals surface area contributed by atoms with E-state index in [9.17, 15) is 13.2 Å². The zero-order valence-electron chi connectivity index (χ0n) is 9.50. The molecule has 0 saturated carbocycles. The number of carboxylic acids is 1. The van der Waals surface area contributed by atoms with Gasteiger partial charge in [0.05, 0.1) is 12.7 Å². The molecule has 0 bridgehead atoms. The lowest BCUT2D eigenvalue weighted by atomic mass is 10.4. The van der Waals surface area contributed by atoms with Crippen LogP contribution in [0, 0.1) is 0 Å². The van der Waals surface area contributed by atoms with Gasteiger partial charge in [0, 0.05) is 6.42 Å². The molecular weight excluding hydrogens is 248 g/mol. The van der Waals surface area contributed by atoms with Gasteiger partial charge < -0.3 is 9.52 Å². The number of hydrogen-bond acceptors (Lipinski definition) is 5. The summed E-state index contributed by atoms with van der Waals surface area (Å²) in [5.74, 6) is -0.548. The molecule has 0 aromatic carbocycles. The van der Waals surface area contributed by atoms with Crippen LogP contribution in [0.1, 0.15) is 25.5 Å². The van der Waals surface area contributed by atoms with Crippen LogP contribution in [0.25, 0.3) is 0 Å². The highest BCUT2D eigenvalue weighted by Gasteiger charge is 2.27. The van der Waals surface area contributed by atoms with E-state index >= 15 is 0 Å². The van der Waals surface area contributed by atoms with E-state index in [0.717, 1.165) is 6.92 Å². The molecule has 7 nitrogen and oxygen atoms in total. The maximum absolute atomic E-state index is 11.5. The minimum atomic E-state index is -3.90. The van der Waals surface area contributed by atoms with Crippen LogP contribution in [-0.2, 0) is 27.8 Å². The zero-order chi connectivity index (χ0) is 13.1. The Hall–Kier alpha value is -1.41. The van der Waals surface area contributed by atoms with Gasteiger partial charge in [0.15, 0.2) is 5.25 Å². The number of aryl methyl sites for hydroxylation is 1. The molecule has 0 saturated heterocycles. The fourth-order valence-electron chi connectivity index (χ4n) is 1.01. The second kappa shape index (κ2) is 5.28. The lowest BCUT2D eigenvalue weighted by Crippen LogP contribution is -2.37. The third kappa shape index (κ3) is 3.53. The van der Waals surface area contributed by atoms with Crippen molar-refractivity contribution in [2.45, 2.75) is 32.1 Å². The second-order valence-electron chi connectivity index (χ2n) is 3.42. The number of aliphatic carboxylic acids is 1. The molecule has 0 spiro atoms. The summed E-state index contributed by atoms with van der Waals surface area (Å²) in [7, 11) is -3.90. The van der Waals surface area contributed by atoms with E-state index < -0.39 is 21.2 Å². The van der Waals surface area contributed by atoms with E-state index in [1.54, 1.807) is 0 Å². The number of rotatable bonds is 6. The number of hydrogen-bond donors (Lipinski definition) is 2. The van der Waals surface area contributed by atoms with Gasteiger partial charge in [-0.05, 0) is 6.92 Å². The van der Waals surface area contributed by atoms with E-state index in [0.29, 0.717) is 12.2 Å². The number of carbonyl (C=O) groups is 1. The Labute approximate surface area is 98.9 Å². The van der Waals surface area contributed by atoms with Gasteiger partial charge in [0.1, 0.15) is 5.76 Å². The van der Waals surface area contributed by atoms with E-state index in [4.69, 9.17) is 9.52 Å². The Balaban J connectivity index is 2.64. The smallest absolute Gasteiger partial charge is 0.323 e. The lowest BCUT2D eigenvalue weighted by molar-refractivity contribution is -0.136. The third-order valence-electron chi connectivity index (χ3n) is 2.19. The van der Waals surface area contributed by atoms with Crippen LogP contribution in [0.2, 0.25) is 0 Å². The summed E-state index contributed by atoms with van der Waals surface area (Å²) >= 11 is 0. The number of nitrogens with zero attached hydrogens (tertiary/aromatic N) is 1. The Morgan fingerprint density at radius 3 is 2.76 bits per heavy atom. The Kier molecular flexibility index (Phi) is 4.24. The van der Waals surface area contributed by atoms with Crippen molar-refractivity contribution in [3.05, 3.63) is 17.8 Å². The zero-order valence-corrected chi connectivity index (χ0v) is 10.3. The normalized spacial score (nSPS) is 13.5. The monoisotopic (exact) mass is 262 g/mol. The standard InChI is InChI=1S/C9H14N2O5S/c1-3-7-4-10-8(16-7)5-11-17(14,15)6(2)9(12)13/h4,6,11H,3,5H2,1-2H3,(H,12,13). The number of carboxylic acid groups (broad SMARTS) is 1. The van der Waals surface area contributed by atoms with E-state index in [2.05, 4.69) is 9.71 Å². The van der Waals surface area contributed by atoms with Crippen molar-refractivity contribution >= 4 is 16.0 Å². The first-order chi connectivity index (χ1) is 7.86. The van der Waals surface area contributed by atoms with Gasteiger partial charge in [-0.1, -0.05) is 6.92 Å². The van der Waals surface area contributed by atoms with Crippen molar-refractivity contribution in [3.8, 4) is 0 Å². The highest BCUT2D eigenvalue weighted by Crippen LogP contribution is 2.05. The van der Waals surface area contributed by atoms with Gasteiger partial charge in [0.25, 0.3) is 0 Å². The fourth-order valence-corrected chi connectivity index (χ4v) is 1.85. The molecule has 0 amide bonds. The van der Waals surface area contributed by atoms with Crippen molar-refractivity contribution in [2.24, 2.45) is 0 Å². The average Bonchev–Trinajstić information content (AvgIpc) is 2.73. The molecule has 1 unspecified atom stereocenters. The molecule has 8 heteroatoms. The fraction of sp³-hybridized carbons (Fsp3) is 0.556. The van der Waals surface area contributed by atoms with Crippen molar-refractivity contribution < 1.29 is 22.7 Å². The average molecular weight is 262 g/mol. The van der Waals surface area contributed by atoms with Crippen LogP contribution in [0.15, 0.2) is 10.6 Å². The molecule has 0 fully saturated rings. The summed E-state index contributed by atoms with van der Waals surface area (Å²) in [5, 5.41) is 7.09. The van der Waals surface area contributed by atoms with Crippen molar-refractivity contribution in [1.82, 2.24) is 9.71 Å². The summed E-state index contributed by atoms with van der Waals surface area (Å²) in [4.78, 5) is 14.4. The first-order valence-electron chi connectivity index (χ1n) is 5.01. The largest absolute Gasteiger partial charge is 0.480 e. The van der Waals surface area contributed by atoms with Gasteiger partial charge in [-0.2, -0.15) is 0 Å². The third-order valence-corrected chi connectivity index (χ3v) is 3.87. The first kappa shape index (κ1) is 13.7. The number of aromatic nitrogens is 1. The van der Waals surface area contributed by atoms with Gasteiger partial charge >= 0.3 is 5.97 Å². The van der Waals surface area contributed by atoms with Crippen LogP contribution in [0.5, 0.6) is 0 Å². The van der Waals surface area contributed by atoms with Gasteiger partial charge in [-0.15, -0.1) is 0 Å². The maximum atomic E-state index is 11.5. The molecule has 1 heterocycles. The molecule has 0 aliphatic rings. The highest BCUT2D eigenvalue weighted by atomic mass is 32.2. The Bertz CT molecular complexity index is 493. The van der Waals surface area contributed by atoms with E-state index in [1.807, 2.05) is 6.92 Å². The summed E-state index contributed by atoms with van der Waals surface area (Å²) in [6.45, 7) is 2.82. The molecular formula is C9H14N2O5S. The van der Waals surface area contributed by atoms with Crippen molar-refractivity contribution in [1.29, 1.82) is 0 Å². The molecule has 2 N–H and O–H groups in total. The first-order valence-corrected chi connectivity index (χ1v) is 6.56. The summed E-state index contributed by atoms with van der Waals surface area (Å²) in [6.07, 6.45) is 2.16. The van der Waals surface area contributed by atoms with E-state index in [1.165, 1.54) is 6.20 Å². The Morgan fingerprint density at radius 2 is 2.29 bits per heavy atom. The molecule has 1 aromatic heterocycles. The molecule has 1 rings (SSSR count). The molecule has 0 radical (unpaired) electrons. The summed E-state index contributed by atoms with van der Waals surface area (Å²) in [5.41, 5.74) is 0. The molecule has 17 heavy (non-hydrogen) atoms. The highest BCUT2D eigenvalue weighted by molar-refractivity contribution is 7.90. The number of nitrogens with one attached hydrogen (secondary N) is 1.